The van der Waals surface area contributed by atoms with E-state index in [0.29, 0.717) is 6.16 Å². The second kappa shape index (κ2) is 9.44. The van der Waals surface area contributed by atoms with Gasteiger partial charge in [0.2, 0.25) is 0 Å². The van der Waals surface area contributed by atoms with Gasteiger partial charge in [-0.05, 0) is 48.5 Å². The molecule has 1 heterocycles. The van der Waals surface area contributed by atoms with Crippen LogP contribution < -0.4 is 20.8 Å². The largest absolute Gasteiger partial charge is 0.387 e. The van der Waals surface area contributed by atoms with E-state index in [-0.39, 0.29) is 11.4 Å². The van der Waals surface area contributed by atoms with E-state index in [4.69, 9.17) is 0 Å². The molecule has 0 radical (unpaired) electrons. The van der Waals surface area contributed by atoms with Crippen LogP contribution in [-0.2, 0) is 6.54 Å². The molecule has 4 aromatic carbocycles. The van der Waals surface area contributed by atoms with Crippen molar-refractivity contribution in [2.75, 3.05) is 6.16 Å². The number of aliphatic hydroxyl groups is 1. The summed E-state index contributed by atoms with van der Waals surface area (Å²) in [7, 11) is -2.17. The highest BCUT2D eigenvalue weighted by atomic mass is 32.1. The Bertz CT molecular complexity index is 1300. The monoisotopic (exact) mass is 470 g/mol. The van der Waals surface area contributed by atoms with Crippen LogP contribution in [0, 0.1) is 0 Å². The molecule has 1 aromatic heterocycles. The number of para-hydroxylation sites is 1. The van der Waals surface area contributed by atoms with Gasteiger partial charge in [0.05, 0.1) is 16.8 Å². The molecule has 0 aliphatic heterocycles. The zero-order chi connectivity index (χ0) is 22.7. The number of benzene rings is 4. The molecule has 5 aromatic rings. The van der Waals surface area contributed by atoms with Crippen molar-refractivity contribution in [1.29, 1.82) is 0 Å². The second-order valence-corrected chi connectivity index (χ2v) is 12.6. The molecule has 3 nitrogen and oxygen atoms in total. The van der Waals surface area contributed by atoms with Crippen molar-refractivity contribution in [2.24, 2.45) is 0 Å². The van der Waals surface area contributed by atoms with Gasteiger partial charge in [-0.25, -0.2) is 0 Å². The van der Waals surface area contributed by atoms with Crippen molar-refractivity contribution in [1.82, 2.24) is 4.57 Å². The predicted molar refractivity (Wildman–Crippen MR) is 142 cm³/mol. The van der Waals surface area contributed by atoms with Gasteiger partial charge in [-0.15, -0.1) is 0 Å². The minimum Gasteiger partial charge on any atom is -0.387 e. The molecule has 0 saturated heterocycles. The number of hydrogen-bond acceptors (Lipinski definition) is 3. The van der Waals surface area contributed by atoms with Crippen LogP contribution in [0.4, 0.5) is 0 Å². The van der Waals surface area contributed by atoms with Crippen LogP contribution >= 0.6 is 18.6 Å². The first-order chi connectivity index (χ1) is 16.2. The number of hydrogen-bond donors (Lipinski definition) is 1. The molecular weight excluding hydrogens is 445 g/mol. The Morgan fingerprint density at radius 1 is 0.697 bits per heavy atom. The van der Waals surface area contributed by atoms with Crippen molar-refractivity contribution < 1.29 is 5.11 Å². The summed E-state index contributed by atoms with van der Waals surface area (Å²) < 4.78 is 2.67. The van der Waals surface area contributed by atoms with Crippen LogP contribution in [0.2, 0.25) is 0 Å². The SMILES string of the molecule is O=c1sc2ccccc2n1C[C@@H](O)C[P+](c1ccccc1)(c1ccccc1)c1ccccc1. The lowest BCUT2D eigenvalue weighted by molar-refractivity contribution is 0.178. The number of fused-ring (bicyclic) bond motifs is 1. The number of aromatic nitrogens is 1. The number of thiazole rings is 1. The lowest BCUT2D eigenvalue weighted by atomic mass is 10.3. The summed E-state index contributed by atoms with van der Waals surface area (Å²) in [6, 6.07) is 39.3. The maximum atomic E-state index is 12.7. The highest BCUT2D eigenvalue weighted by Gasteiger charge is 2.46. The summed E-state index contributed by atoms with van der Waals surface area (Å²) >= 11 is 1.23. The number of rotatable bonds is 7. The van der Waals surface area contributed by atoms with E-state index >= 15 is 0 Å². The topological polar surface area (TPSA) is 42.2 Å². The summed E-state index contributed by atoms with van der Waals surface area (Å²) in [5, 5.41) is 15.2. The van der Waals surface area contributed by atoms with Gasteiger partial charge in [-0.3, -0.25) is 9.36 Å². The summed E-state index contributed by atoms with van der Waals surface area (Å²) in [4.78, 5) is 12.7. The molecule has 0 aliphatic carbocycles. The van der Waals surface area contributed by atoms with Crippen molar-refractivity contribution in [2.45, 2.75) is 12.6 Å². The van der Waals surface area contributed by atoms with Crippen molar-refractivity contribution in [3.8, 4) is 0 Å². The molecule has 164 valence electrons. The Morgan fingerprint density at radius 2 is 1.15 bits per heavy atom. The van der Waals surface area contributed by atoms with Crippen molar-refractivity contribution >= 4 is 44.7 Å². The van der Waals surface area contributed by atoms with E-state index in [1.165, 1.54) is 27.3 Å². The molecule has 0 aliphatic rings. The van der Waals surface area contributed by atoms with E-state index in [9.17, 15) is 9.90 Å². The summed E-state index contributed by atoms with van der Waals surface area (Å²) in [5.74, 6) is 0. The normalized spacial score (nSPS) is 12.6. The Kier molecular flexibility index (Phi) is 6.24. The van der Waals surface area contributed by atoms with E-state index in [2.05, 4.69) is 72.8 Å². The van der Waals surface area contributed by atoms with Gasteiger partial charge in [0.25, 0.3) is 0 Å². The van der Waals surface area contributed by atoms with Crippen LogP contribution in [0.5, 0.6) is 0 Å². The summed E-state index contributed by atoms with van der Waals surface area (Å²) in [6.45, 7) is 0.275. The van der Waals surface area contributed by atoms with Crippen molar-refractivity contribution in [3.05, 3.63) is 125 Å². The zero-order valence-corrected chi connectivity index (χ0v) is 19.8. The molecule has 1 N–H and O–H groups in total. The average Bonchev–Trinajstić information content (AvgIpc) is 3.19. The standard InChI is InChI=1S/C28H25NO2PS/c30-22(20-29-26-18-10-11-19-27(26)33-28(29)31)21-32(23-12-4-1-5-13-23,24-14-6-2-7-15-24)25-16-8-3-9-17-25/h1-19,22,30H,20-21H2/q+1/t22-/m1/s1. The summed E-state index contributed by atoms with van der Waals surface area (Å²) in [6.07, 6.45) is -0.128. The Balaban J connectivity index is 1.63. The molecule has 5 heteroatoms. The minimum absolute atomic E-state index is 0.0293. The fraction of sp³-hybridized carbons (Fsp3) is 0.107. The van der Waals surface area contributed by atoms with Crippen LogP contribution in [0.3, 0.4) is 0 Å². The number of aliphatic hydroxyl groups excluding tert-OH is 1. The second-order valence-electron chi connectivity index (χ2n) is 8.10. The van der Waals surface area contributed by atoms with Crippen LogP contribution in [0.15, 0.2) is 120 Å². The predicted octanol–water partition coefficient (Wildman–Crippen LogP) is 4.42. The maximum Gasteiger partial charge on any atom is 0.308 e. The number of nitrogens with zero attached hydrogens (tertiary/aromatic N) is 1. The third-order valence-electron chi connectivity index (χ3n) is 6.04. The Hall–Kier alpha value is -3.04. The van der Waals surface area contributed by atoms with Gasteiger partial charge in [0, 0.05) is 0 Å². The first-order valence-corrected chi connectivity index (χ1v) is 13.8. The molecule has 0 bridgehead atoms. The third kappa shape index (κ3) is 4.18. The summed E-state index contributed by atoms with van der Waals surface area (Å²) in [5.41, 5.74) is 0.884. The molecule has 0 spiro atoms. The molecule has 0 fully saturated rings. The first kappa shape index (κ1) is 21.8. The smallest absolute Gasteiger partial charge is 0.308 e. The van der Waals surface area contributed by atoms with Gasteiger partial charge in [0.15, 0.2) is 0 Å². The molecule has 5 rings (SSSR count). The third-order valence-corrected chi connectivity index (χ3v) is 11.5. The molecule has 0 saturated carbocycles. The van der Waals surface area contributed by atoms with E-state index in [1.807, 2.05) is 42.5 Å². The van der Waals surface area contributed by atoms with Gasteiger partial charge >= 0.3 is 4.87 Å². The molecular formula is C28H25NO2PS+. The zero-order valence-electron chi connectivity index (χ0n) is 18.1. The quantitative estimate of drug-likeness (QED) is 0.358. The first-order valence-electron chi connectivity index (χ1n) is 11.0. The highest BCUT2D eigenvalue weighted by Crippen LogP contribution is 2.55. The fourth-order valence-corrected chi connectivity index (χ4v) is 9.80. The lowest BCUT2D eigenvalue weighted by Gasteiger charge is -2.29. The van der Waals surface area contributed by atoms with Crippen molar-refractivity contribution in [3.63, 3.8) is 0 Å². The Labute approximate surface area is 197 Å². The minimum atomic E-state index is -2.17. The van der Waals surface area contributed by atoms with E-state index < -0.39 is 13.4 Å². The Morgan fingerprint density at radius 3 is 1.67 bits per heavy atom. The van der Waals surface area contributed by atoms with E-state index in [0.717, 1.165) is 10.2 Å². The fourth-order valence-electron chi connectivity index (χ4n) is 4.58. The van der Waals surface area contributed by atoms with Gasteiger partial charge in [-0.2, -0.15) is 0 Å². The molecule has 0 amide bonds. The molecule has 1 atom stereocenters. The molecule has 0 unspecified atom stereocenters. The van der Waals surface area contributed by atoms with Crippen LogP contribution in [0.1, 0.15) is 0 Å². The van der Waals surface area contributed by atoms with Gasteiger partial charge in [0.1, 0.15) is 35.4 Å². The molecule has 33 heavy (non-hydrogen) atoms. The van der Waals surface area contributed by atoms with Crippen LogP contribution in [0.25, 0.3) is 10.2 Å². The average molecular weight is 471 g/mol. The van der Waals surface area contributed by atoms with Crippen LogP contribution in [-0.4, -0.2) is 21.9 Å². The van der Waals surface area contributed by atoms with Gasteiger partial charge < -0.3 is 5.11 Å². The lowest BCUT2D eigenvalue weighted by Crippen LogP contribution is -2.38. The van der Waals surface area contributed by atoms with E-state index in [1.54, 1.807) is 4.57 Å². The van der Waals surface area contributed by atoms with Gasteiger partial charge in [-0.1, -0.05) is 78.1 Å². The maximum absolute atomic E-state index is 12.7. The highest BCUT2D eigenvalue weighted by molar-refractivity contribution is 7.95.